The van der Waals surface area contributed by atoms with Gasteiger partial charge in [0.2, 0.25) is 5.91 Å². The van der Waals surface area contributed by atoms with Crippen molar-refractivity contribution >= 4 is 5.91 Å². The predicted molar refractivity (Wildman–Crippen MR) is 69.0 cm³/mol. The molecule has 1 aromatic carbocycles. The number of hydrogen-bond donors (Lipinski definition) is 1. The first kappa shape index (κ1) is 13.6. The van der Waals surface area contributed by atoms with Crippen LogP contribution < -0.4 is 0 Å². The van der Waals surface area contributed by atoms with Crippen molar-refractivity contribution in [1.29, 1.82) is 0 Å². The fourth-order valence-electron chi connectivity index (χ4n) is 1.81. The van der Waals surface area contributed by atoms with Crippen molar-refractivity contribution in [2.24, 2.45) is 0 Å². The van der Waals surface area contributed by atoms with Gasteiger partial charge < -0.3 is 10.0 Å². The largest absolute Gasteiger partial charge is 0.508 e. The minimum absolute atomic E-state index is 0.0486. The molecule has 0 fully saturated rings. The zero-order chi connectivity index (χ0) is 12.8. The molecule has 0 saturated carbocycles. The topological polar surface area (TPSA) is 40.5 Å². The fourth-order valence-corrected chi connectivity index (χ4v) is 1.81. The highest BCUT2D eigenvalue weighted by Crippen LogP contribution is 2.17. The predicted octanol–water partition coefficient (Wildman–Crippen LogP) is 2.58. The summed E-state index contributed by atoms with van der Waals surface area (Å²) in [4.78, 5) is 13.8. The maximum atomic E-state index is 12.0. The molecular weight excluding hydrogens is 214 g/mol. The molecule has 0 radical (unpaired) electrons. The lowest BCUT2D eigenvalue weighted by molar-refractivity contribution is -0.131. The molecule has 0 heterocycles. The number of carbonyl (C=O) groups is 1. The summed E-state index contributed by atoms with van der Waals surface area (Å²) in [7, 11) is 1.82. The SMILES string of the molecule is CCCC(C)N(C)C(=O)Cc1ccccc1O. The first-order valence-electron chi connectivity index (χ1n) is 6.08. The van der Waals surface area contributed by atoms with Crippen LogP contribution >= 0.6 is 0 Å². The molecule has 0 aromatic heterocycles. The van der Waals surface area contributed by atoms with Crippen molar-refractivity contribution in [2.45, 2.75) is 39.2 Å². The van der Waals surface area contributed by atoms with E-state index in [1.54, 1.807) is 23.1 Å². The number of amides is 1. The molecule has 1 atom stereocenters. The first-order valence-corrected chi connectivity index (χ1v) is 6.08. The van der Waals surface area contributed by atoms with Gasteiger partial charge in [0.05, 0.1) is 6.42 Å². The second-order valence-electron chi connectivity index (χ2n) is 4.45. The summed E-state index contributed by atoms with van der Waals surface area (Å²) >= 11 is 0. The van der Waals surface area contributed by atoms with E-state index in [9.17, 15) is 9.90 Å². The highest BCUT2D eigenvalue weighted by atomic mass is 16.3. The van der Waals surface area contributed by atoms with Crippen molar-refractivity contribution in [2.75, 3.05) is 7.05 Å². The van der Waals surface area contributed by atoms with Gasteiger partial charge in [-0.15, -0.1) is 0 Å². The lowest BCUT2D eigenvalue weighted by Gasteiger charge is -2.24. The molecule has 94 valence electrons. The number of likely N-dealkylation sites (N-methyl/N-ethyl adjacent to an activating group) is 1. The summed E-state index contributed by atoms with van der Waals surface area (Å²) in [6.07, 6.45) is 2.33. The Hall–Kier alpha value is -1.51. The molecule has 17 heavy (non-hydrogen) atoms. The quantitative estimate of drug-likeness (QED) is 0.852. The zero-order valence-corrected chi connectivity index (χ0v) is 10.8. The van der Waals surface area contributed by atoms with Gasteiger partial charge in [-0.3, -0.25) is 4.79 Å². The van der Waals surface area contributed by atoms with Crippen molar-refractivity contribution in [3.63, 3.8) is 0 Å². The molecule has 1 N–H and O–H groups in total. The van der Waals surface area contributed by atoms with E-state index in [0.717, 1.165) is 12.8 Å². The minimum Gasteiger partial charge on any atom is -0.508 e. The van der Waals surface area contributed by atoms with Crippen LogP contribution in [0.5, 0.6) is 5.75 Å². The van der Waals surface area contributed by atoms with E-state index in [2.05, 4.69) is 6.92 Å². The van der Waals surface area contributed by atoms with Crippen LogP contribution in [-0.2, 0) is 11.2 Å². The molecule has 0 aliphatic heterocycles. The number of phenols is 1. The highest BCUT2D eigenvalue weighted by molar-refractivity contribution is 5.79. The molecule has 1 aromatic rings. The van der Waals surface area contributed by atoms with Gasteiger partial charge in [0.25, 0.3) is 0 Å². The summed E-state index contributed by atoms with van der Waals surface area (Å²) in [6.45, 7) is 4.16. The Kier molecular flexibility index (Phi) is 5.01. The molecule has 3 heteroatoms. The Morgan fingerprint density at radius 3 is 2.65 bits per heavy atom. The second kappa shape index (κ2) is 6.28. The monoisotopic (exact) mass is 235 g/mol. The number of phenolic OH excluding ortho intramolecular Hbond substituents is 1. The third-order valence-corrected chi connectivity index (χ3v) is 3.09. The van der Waals surface area contributed by atoms with Crippen LogP contribution in [0.3, 0.4) is 0 Å². The average molecular weight is 235 g/mol. The summed E-state index contributed by atoms with van der Waals surface area (Å²) in [5.41, 5.74) is 0.688. The van der Waals surface area contributed by atoms with E-state index in [1.165, 1.54) is 0 Å². The Morgan fingerprint density at radius 2 is 2.06 bits per heavy atom. The summed E-state index contributed by atoms with van der Waals surface area (Å²) in [5.74, 6) is 0.241. The van der Waals surface area contributed by atoms with Crippen LogP contribution in [0.1, 0.15) is 32.3 Å². The van der Waals surface area contributed by atoms with Gasteiger partial charge in [0.15, 0.2) is 0 Å². The number of rotatable bonds is 5. The molecule has 0 spiro atoms. The number of benzene rings is 1. The Bertz CT molecular complexity index is 376. The minimum atomic E-state index is 0.0486. The summed E-state index contributed by atoms with van der Waals surface area (Å²) in [5, 5.41) is 9.61. The number of hydrogen-bond acceptors (Lipinski definition) is 2. The van der Waals surface area contributed by atoms with Crippen LogP contribution in [0.4, 0.5) is 0 Å². The molecule has 1 rings (SSSR count). The van der Waals surface area contributed by atoms with Crippen LogP contribution in [0.25, 0.3) is 0 Å². The van der Waals surface area contributed by atoms with Gasteiger partial charge in [-0.25, -0.2) is 0 Å². The molecular formula is C14H21NO2. The van der Waals surface area contributed by atoms with Crippen molar-refractivity contribution < 1.29 is 9.90 Å². The molecule has 1 unspecified atom stereocenters. The molecule has 0 bridgehead atoms. The van der Waals surface area contributed by atoms with Gasteiger partial charge in [-0.05, 0) is 19.4 Å². The van der Waals surface area contributed by atoms with Gasteiger partial charge in [0.1, 0.15) is 5.75 Å². The lowest BCUT2D eigenvalue weighted by Crippen LogP contribution is -2.36. The Balaban J connectivity index is 2.63. The van der Waals surface area contributed by atoms with Gasteiger partial charge in [-0.1, -0.05) is 31.5 Å². The van der Waals surface area contributed by atoms with Crippen LogP contribution in [-0.4, -0.2) is 29.0 Å². The number of para-hydroxylation sites is 1. The van der Waals surface area contributed by atoms with Crippen LogP contribution in [0.2, 0.25) is 0 Å². The molecule has 3 nitrogen and oxygen atoms in total. The van der Waals surface area contributed by atoms with Crippen molar-refractivity contribution in [3.8, 4) is 5.75 Å². The van der Waals surface area contributed by atoms with Gasteiger partial charge in [0, 0.05) is 18.7 Å². The summed E-state index contributed by atoms with van der Waals surface area (Å²) in [6, 6.07) is 7.23. The number of nitrogens with zero attached hydrogens (tertiary/aromatic N) is 1. The van der Waals surface area contributed by atoms with Gasteiger partial charge >= 0.3 is 0 Å². The average Bonchev–Trinajstić information content (AvgIpc) is 2.31. The molecule has 0 aliphatic carbocycles. The molecule has 0 aliphatic rings. The van der Waals surface area contributed by atoms with Crippen molar-refractivity contribution in [3.05, 3.63) is 29.8 Å². The first-order chi connectivity index (χ1) is 8.06. The maximum Gasteiger partial charge on any atom is 0.227 e. The van der Waals surface area contributed by atoms with Crippen LogP contribution in [0, 0.1) is 0 Å². The number of carbonyl (C=O) groups excluding carboxylic acids is 1. The fraction of sp³-hybridized carbons (Fsp3) is 0.500. The molecule has 1 amide bonds. The summed E-state index contributed by atoms with van der Waals surface area (Å²) < 4.78 is 0. The smallest absolute Gasteiger partial charge is 0.227 e. The van der Waals surface area contributed by atoms with E-state index in [-0.39, 0.29) is 24.1 Å². The van der Waals surface area contributed by atoms with Crippen molar-refractivity contribution in [1.82, 2.24) is 4.90 Å². The third-order valence-electron chi connectivity index (χ3n) is 3.09. The highest BCUT2D eigenvalue weighted by Gasteiger charge is 2.16. The lowest BCUT2D eigenvalue weighted by atomic mass is 10.1. The van der Waals surface area contributed by atoms with E-state index in [1.807, 2.05) is 20.0 Å². The van der Waals surface area contributed by atoms with E-state index < -0.39 is 0 Å². The molecule has 0 saturated heterocycles. The maximum absolute atomic E-state index is 12.0. The van der Waals surface area contributed by atoms with E-state index in [0.29, 0.717) is 5.56 Å². The Morgan fingerprint density at radius 1 is 1.41 bits per heavy atom. The number of aromatic hydroxyl groups is 1. The van der Waals surface area contributed by atoms with Gasteiger partial charge in [-0.2, -0.15) is 0 Å². The Labute approximate surface area is 103 Å². The second-order valence-corrected chi connectivity index (χ2v) is 4.45. The standard InChI is InChI=1S/C14H21NO2/c1-4-7-11(2)15(3)14(17)10-12-8-5-6-9-13(12)16/h5-6,8-9,11,16H,4,7,10H2,1-3H3. The third kappa shape index (κ3) is 3.77. The zero-order valence-electron chi connectivity index (χ0n) is 10.8. The van der Waals surface area contributed by atoms with E-state index in [4.69, 9.17) is 0 Å². The normalized spacial score (nSPS) is 12.2. The van der Waals surface area contributed by atoms with E-state index >= 15 is 0 Å². The van der Waals surface area contributed by atoms with Crippen LogP contribution in [0.15, 0.2) is 24.3 Å².